The number of likely N-dealkylation sites (N-methyl/N-ethyl adjacent to an activating group) is 1. The first kappa shape index (κ1) is 13.8. The molecule has 1 aliphatic rings. The van der Waals surface area contributed by atoms with Crippen LogP contribution in [0.5, 0.6) is 0 Å². The van der Waals surface area contributed by atoms with Gasteiger partial charge < -0.3 is 14.9 Å². The van der Waals surface area contributed by atoms with Gasteiger partial charge in [0.25, 0.3) is 0 Å². The third kappa shape index (κ3) is 3.23. The molecule has 1 aliphatic heterocycles. The second kappa shape index (κ2) is 6.01. The molecule has 2 rings (SSSR count). The average molecular weight is 283 g/mol. The lowest BCUT2D eigenvalue weighted by atomic mass is 10.2. The van der Waals surface area contributed by atoms with E-state index in [1.165, 1.54) is 16.2 Å². The lowest BCUT2D eigenvalue weighted by Gasteiger charge is -2.27. The number of nitrogens with zero attached hydrogens (tertiary/aromatic N) is 3. The maximum atomic E-state index is 12.3. The summed E-state index contributed by atoms with van der Waals surface area (Å²) in [5, 5.41) is 11.4. The van der Waals surface area contributed by atoms with E-state index in [4.69, 9.17) is 5.11 Å². The van der Waals surface area contributed by atoms with E-state index in [9.17, 15) is 9.59 Å². The number of carboxylic acid groups (broad SMARTS) is 1. The summed E-state index contributed by atoms with van der Waals surface area (Å²) in [6.45, 7) is 1.08. The third-order valence-corrected chi connectivity index (χ3v) is 4.05. The molecule has 2 heterocycles. The average Bonchev–Trinajstić information content (AvgIpc) is 3.03. The van der Waals surface area contributed by atoms with Crippen LogP contribution in [-0.4, -0.2) is 53.0 Å². The normalized spacial score (nSPS) is 18.6. The Balaban J connectivity index is 1.99. The van der Waals surface area contributed by atoms with Crippen LogP contribution in [0.15, 0.2) is 11.6 Å². The van der Waals surface area contributed by atoms with Gasteiger partial charge in [-0.1, -0.05) is 0 Å². The molecule has 1 unspecified atom stereocenters. The summed E-state index contributed by atoms with van der Waals surface area (Å²) < 4.78 is 0. The summed E-state index contributed by atoms with van der Waals surface area (Å²) in [7, 11) is 1.66. The summed E-state index contributed by atoms with van der Waals surface area (Å²) in [6, 6.07) is -0.204. The minimum atomic E-state index is -0.886. The molecule has 1 aromatic heterocycles. The Labute approximate surface area is 115 Å². The lowest BCUT2D eigenvalue weighted by molar-refractivity contribution is -0.138. The molecule has 1 aromatic rings. The van der Waals surface area contributed by atoms with Crippen molar-refractivity contribution in [2.24, 2.45) is 0 Å². The van der Waals surface area contributed by atoms with Gasteiger partial charge in [0.15, 0.2) is 5.13 Å². The van der Waals surface area contributed by atoms with Crippen molar-refractivity contribution in [1.82, 2.24) is 9.88 Å². The van der Waals surface area contributed by atoms with Gasteiger partial charge in [-0.3, -0.25) is 9.59 Å². The van der Waals surface area contributed by atoms with Crippen molar-refractivity contribution in [3.05, 3.63) is 11.6 Å². The predicted molar refractivity (Wildman–Crippen MR) is 72.4 cm³/mol. The van der Waals surface area contributed by atoms with Crippen LogP contribution in [0, 0.1) is 0 Å². The number of rotatable bonds is 5. The minimum absolute atomic E-state index is 0.0195. The molecule has 104 valence electrons. The molecule has 6 nitrogen and oxygen atoms in total. The second-order valence-corrected chi connectivity index (χ2v) is 5.44. The zero-order valence-corrected chi connectivity index (χ0v) is 11.6. The molecule has 7 heteroatoms. The molecule has 0 spiro atoms. The summed E-state index contributed by atoms with van der Waals surface area (Å²) in [6.07, 6.45) is 3.47. The number of hydrogen-bond donors (Lipinski definition) is 1. The van der Waals surface area contributed by atoms with Gasteiger partial charge in [0.05, 0.1) is 6.42 Å². The number of carbonyl (C=O) groups is 2. The van der Waals surface area contributed by atoms with Crippen molar-refractivity contribution in [1.29, 1.82) is 0 Å². The van der Waals surface area contributed by atoms with E-state index in [-0.39, 0.29) is 24.9 Å². The molecular weight excluding hydrogens is 266 g/mol. The molecule has 0 bridgehead atoms. The van der Waals surface area contributed by atoms with Crippen molar-refractivity contribution >= 4 is 28.3 Å². The highest BCUT2D eigenvalue weighted by molar-refractivity contribution is 7.13. The van der Waals surface area contributed by atoms with E-state index >= 15 is 0 Å². The van der Waals surface area contributed by atoms with Gasteiger partial charge in [0.2, 0.25) is 5.91 Å². The van der Waals surface area contributed by atoms with Crippen LogP contribution in [0.2, 0.25) is 0 Å². The van der Waals surface area contributed by atoms with Crippen LogP contribution in [0.25, 0.3) is 0 Å². The van der Waals surface area contributed by atoms with Gasteiger partial charge in [-0.15, -0.1) is 11.3 Å². The van der Waals surface area contributed by atoms with Gasteiger partial charge in [0, 0.05) is 31.7 Å². The van der Waals surface area contributed by atoms with Crippen LogP contribution in [0.1, 0.15) is 19.3 Å². The fourth-order valence-corrected chi connectivity index (χ4v) is 2.96. The van der Waals surface area contributed by atoms with Crippen molar-refractivity contribution in [2.45, 2.75) is 25.3 Å². The van der Waals surface area contributed by atoms with Crippen LogP contribution >= 0.6 is 11.3 Å². The number of hydrogen-bond acceptors (Lipinski definition) is 5. The summed E-state index contributed by atoms with van der Waals surface area (Å²) in [5.41, 5.74) is 0. The summed E-state index contributed by atoms with van der Waals surface area (Å²) in [5.74, 6) is -0.906. The first-order valence-electron chi connectivity index (χ1n) is 6.22. The molecule has 0 radical (unpaired) electrons. The third-order valence-electron chi connectivity index (χ3n) is 3.24. The molecule has 1 N–H and O–H groups in total. The number of carboxylic acids is 1. The molecule has 0 aromatic carbocycles. The Morgan fingerprint density at radius 2 is 2.42 bits per heavy atom. The van der Waals surface area contributed by atoms with Crippen LogP contribution in [0.3, 0.4) is 0 Å². The molecule has 0 saturated carbocycles. The smallest absolute Gasteiger partial charge is 0.305 e. The quantitative estimate of drug-likeness (QED) is 0.874. The van der Waals surface area contributed by atoms with Crippen LogP contribution in [-0.2, 0) is 9.59 Å². The van der Waals surface area contributed by atoms with Gasteiger partial charge >= 0.3 is 5.97 Å². The largest absolute Gasteiger partial charge is 0.481 e. The number of carbonyl (C=O) groups excluding carboxylic acids is 1. The minimum Gasteiger partial charge on any atom is -0.481 e. The van der Waals surface area contributed by atoms with E-state index in [0.717, 1.165) is 24.5 Å². The highest BCUT2D eigenvalue weighted by Crippen LogP contribution is 2.28. The fourth-order valence-electron chi connectivity index (χ4n) is 2.24. The zero-order chi connectivity index (χ0) is 13.8. The topological polar surface area (TPSA) is 73.7 Å². The first-order chi connectivity index (χ1) is 9.09. The molecule has 1 atom stereocenters. The number of amides is 1. The van der Waals surface area contributed by atoms with Gasteiger partial charge in [-0.05, 0) is 12.8 Å². The zero-order valence-electron chi connectivity index (χ0n) is 10.8. The van der Waals surface area contributed by atoms with E-state index < -0.39 is 5.97 Å². The first-order valence-corrected chi connectivity index (χ1v) is 7.10. The molecule has 0 aliphatic carbocycles. The Morgan fingerprint density at radius 3 is 3.05 bits per heavy atom. The van der Waals surface area contributed by atoms with E-state index in [2.05, 4.69) is 4.98 Å². The maximum Gasteiger partial charge on any atom is 0.305 e. The molecule has 1 fully saturated rings. The van der Waals surface area contributed by atoms with Gasteiger partial charge in [-0.2, -0.15) is 0 Å². The van der Waals surface area contributed by atoms with Crippen molar-refractivity contribution in [3.63, 3.8) is 0 Å². The monoisotopic (exact) mass is 283 g/mol. The van der Waals surface area contributed by atoms with E-state index in [1.54, 1.807) is 13.2 Å². The van der Waals surface area contributed by atoms with Crippen molar-refractivity contribution in [3.8, 4) is 0 Å². The van der Waals surface area contributed by atoms with Crippen molar-refractivity contribution < 1.29 is 14.7 Å². The number of aromatic nitrogens is 1. The Morgan fingerprint density at radius 1 is 1.63 bits per heavy atom. The van der Waals surface area contributed by atoms with Gasteiger partial charge in [-0.25, -0.2) is 4.98 Å². The Bertz CT molecular complexity index is 449. The predicted octanol–water partition coefficient (Wildman–Crippen LogP) is 1.04. The molecular formula is C12H17N3O3S. The van der Waals surface area contributed by atoms with E-state index in [0.29, 0.717) is 0 Å². The number of thiazole rings is 1. The van der Waals surface area contributed by atoms with E-state index in [1.807, 2.05) is 10.3 Å². The standard InChI is InChI=1S/C12H17N3O3S/c1-14(7-4-10(16)17)11(18)9-3-2-6-15(9)12-13-5-8-19-12/h5,8-9H,2-4,6-7H2,1H3,(H,16,17). The van der Waals surface area contributed by atoms with Gasteiger partial charge in [0.1, 0.15) is 6.04 Å². The summed E-state index contributed by atoms with van der Waals surface area (Å²) >= 11 is 1.52. The fraction of sp³-hybridized carbons (Fsp3) is 0.583. The van der Waals surface area contributed by atoms with Crippen molar-refractivity contribution in [2.75, 3.05) is 25.0 Å². The lowest BCUT2D eigenvalue weighted by Crippen LogP contribution is -2.44. The number of aliphatic carboxylic acids is 1. The highest BCUT2D eigenvalue weighted by Gasteiger charge is 2.33. The maximum absolute atomic E-state index is 12.3. The molecule has 19 heavy (non-hydrogen) atoms. The Kier molecular flexibility index (Phi) is 4.36. The highest BCUT2D eigenvalue weighted by atomic mass is 32.1. The number of anilines is 1. The van der Waals surface area contributed by atoms with Crippen LogP contribution < -0.4 is 4.90 Å². The molecule has 1 saturated heterocycles. The molecule has 1 amide bonds. The summed E-state index contributed by atoms with van der Waals surface area (Å²) in [4.78, 5) is 30.6. The van der Waals surface area contributed by atoms with Crippen LogP contribution in [0.4, 0.5) is 5.13 Å². The Hall–Kier alpha value is -1.63. The SMILES string of the molecule is CN(CCC(=O)O)C(=O)C1CCCN1c1nccs1. The second-order valence-electron chi connectivity index (χ2n) is 4.57.